The van der Waals surface area contributed by atoms with Gasteiger partial charge >= 0.3 is 0 Å². The molecule has 3 aromatic carbocycles. The Bertz CT molecular complexity index is 1620. The predicted octanol–water partition coefficient (Wildman–Crippen LogP) is 7.02. The highest BCUT2D eigenvalue weighted by molar-refractivity contribution is 7.98. The van der Waals surface area contributed by atoms with Crippen molar-refractivity contribution in [2.24, 2.45) is 0 Å². The summed E-state index contributed by atoms with van der Waals surface area (Å²) in [6.45, 7) is 3.74. The van der Waals surface area contributed by atoms with E-state index in [-0.39, 0.29) is 11.6 Å². The third-order valence-electron chi connectivity index (χ3n) is 6.24. The molecule has 0 radical (unpaired) electrons. The molecule has 5 rings (SSSR count). The molecule has 0 saturated heterocycles. The van der Waals surface area contributed by atoms with E-state index in [0.717, 1.165) is 11.1 Å². The van der Waals surface area contributed by atoms with Gasteiger partial charge in [-0.1, -0.05) is 71.4 Å². The molecule has 39 heavy (non-hydrogen) atoms. The number of nitrogens with zero attached hydrogens (tertiary/aromatic N) is 4. The van der Waals surface area contributed by atoms with Crippen LogP contribution in [0.2, 0.25) is 10.0 Å². The second-order valence-corrected chi connectivity index (χ2v) is 10.7. The molecule has 1 aliphatic rings. The molecule has 2 heterocycles. The highest BCUT2D eigenvalue weighted by atomic mass is 35.5. The van der Waals surface area contributed by atoms with E-state index in [4.69, 9.17) is 28.3 Å². The van der Waals surface area contributed by atoms with Gasteiger partial charge in [-0.15, -0.1) is 5.10 Å². The lowest BCUT2D eigenvalue weighted by atomic mass is 9.95. The number of carbonyl (C=O) groups excluding carboxylic acids is 1. The number of allylic oxidation sites excluding steroid dienone is 1. The Morgan fingerprint density at radius 2 is 1.87 bits per heavy atom. The minimum atomic E-state index is -0.670. The van der Waals surface area contributed by atoms with Gasteiger partial charge in [0.05, 0.1) is 10.5 Å². The van der Waals surface area contributed by atoms with Crippen molar-refractivity contribution in [2.75, 3.05) is 10.6 Å². The summed E-state index contributed by atoms with van der Waals surface area (Å²) >= 11 is 14.2. The number of nitro groups is 1. The number of benzene rings is 3. The standard InChI is InChI=1S/C27H22Cl2N6O3S/c1-15-5-3-4-6-22(15)31-25(36)23-16(2)30-26-32-27(39-14-17-7-10-19(11-8-17)35(37)38)33-34(26)24(23)20-12-9-18(28)13-21(20)29/h3-13,24H,14H2,1-2H3,(H,31,36)(H,30,32,33). The lowest BCUT2D eigenvalue weighted by Gasteiger charge is -2.29. The Balaban J connectivity index is 1.49. The van der Waals surface area contributed by atoms with Crippen LogP contribution < -0.4 is 10.6 Å². The van der Waals surface area contributed by atoms with Crippen LogP contribution in [0.4, 0.5) is 17.3 Å². The zero-order chi connectivity index (χ0) is 27.7. The average Bonchev–Trinajstić information content (AvgIpc) is 3.31. The van der Waals surface area contributed by atoms with E-state index in [1.54, 1.807) is 35.0 Å². The summed E-state index contributed by atoms with van der Waals surface area (Å²) in [7, 11) is 0. The number of halogens is 2. The summed E-state index contributed by atoms with van der Waals surface area (Å²) in [6.07, 6.45) is 0. The van der Waals surface area contributed by atoms with Crippen LogP contribution in [0.1, 0.15) is 29.7 Å². The number of aryl methyl sites for hydroxylation is 1. The summed E-state index contributed by atoms with van der Waals surface area (Å²) in [4.78, 5) is 28.8. The number of hydrogen-bond acceptors (Lipinski definition) is 7. The van der Waals surface area contributed by atoms with Gasteiger partial charge in [0.15, 0.2) is 0 Å². The SMILES string of the molecule is CC1=C(C(=O)Nc2ccccc2C)C(c2ccc(Cl)cc2Cl)n2nc(SCc3ccc([N+](=O)[O-])cc3)nc2N1. The number of fused-ring (bicyclic) bond motifs is 1. The summed E-state index contributed by atoms with van der Waals surface area (Å²) < 4.78 is 1.65. The molecule has 198 valence electrons. The predicted molar refractivity (Wildman–Crippen MR) is 153 cm³/mol. The average molecular weight is 581 g/mol. The minimum Gasteiger partial charge on any atom is -0.328 e. The van der Waals surface area contributed by atoms with Gasteiger partial charge in [0.2, 0.25) is 11.1 Å². The molecule has 1 unspecified atom stereocenters. The first-order chi connectivity index (χ1) is 18.7. The highest BCUT2D eigenvalue weighted by Gasteiger charge is 2.35. The quantitative estimate of drug-likeness (QED) is 0.137. The Morgan fingerprint density at radius 1 is 1.13 bits per heavy atom. The largest absolute Gasteiger partial charge is 0.328 e. The fraction of sp³-hybridized carbons (Fsp3) is 0.148. The summed E-state index contributed by atoms with van der Waals surface area (Å²) in [5.74, 6) is 0.662. The second kappa shape index (κ2) is 11.1. The molecule has 1 aromatic heterocycles. The number of nitrogens with one attached hydrogen (secondary N) is 2. The molecule has 2 N–H and O–H groups in total. The monoisotopic (exact) mass is 580 g/mol. The Morgan fingerprint density at radius 3 is 2.56 bits per heavy atom. The summed E-state index contributed by atoms with van der Waals surface area (Å²) in [5, 5.41) is 23.2. The minimum absolute atomic E-state index is 0.0317. The number of carbonyl (C=O) groups is 1. The molecule has 0 saturated carbocycles. The third-order valence-corrected chi connectivity index (χ3v) is 7.71. The van der Waals surface area contributed by atoms with Crippen LogP contribution in [0.3, 0.4) is 0 Å². The van der Waals surface area contributed by atoms with E-state index < -0.39 is 11.0 Å². The van der Waals surface area contributed by atoms with Crippen LogP contribution in [0.25, 0.3) is 0 Å². The molecular formula is C27H22Cl2N6O3S. The van der Waals surface area contributed by atoms with E-state index in [0.29, 0.717) is 49.4 Å². The van der Waals surface area contributed by atoms with Gasteiger partial charge in [-0.25, -0.2) is 4.68 Å². The van der Waals surface area contributed by atoms with Crippen molar-refractivity contribution in [3.8, 4) is 0 Å². The first-order valence-electron chi connectivity index (χ1n) is 11.8. The van der Waals surface area contributed by atoms with Crippen LogP contribution in [-0.2, 0) is 10.5 Å². The molecule has 1 amide bonds. The first-order valence-corrected chi connectivity index (χ1v) is 13.6. The van der Waals surface area contributed by atoms with E-state index in [1.807, 2.05) is 38.1 Å². The molecule has 12 heteroatoms. The van der Waals surface area contributed by atoms with Crippen LogP contribution in [0.15, 0.2) is 83.2 Å². The Labute approximate surface area is 238 Å². The number of para-hydroxylation sites is 1. The van der Waals surface area contributed by atoms with Gasteiger partial charge in [-0.05, 0) is 43.2 Å². The van der Waals surface area contributed by atoms with Crippen LogP contribution >= 0.6 is 35.0 Å². The van der Waals surface area contributed by atoms with Crippen molar-refractivity contribution in [3.63, 3.8) is 0 Å². The molecule has 0 fully saturated rings. The topological polar surface area (TPSA) is 115 Å². The molecule has 9 nitrogen and oxygen atoms in total. The van der Waals surface area contributed by atoms with Crippen molar-refractivity contribution >= 4 is 58.2 Å². The van der Waals surface area contributed by atoms with Crippen LogP contribution in [0.5, 0.6) is 0 Å². The van der Waals surface area contributed by atoms with Crippen molar-refractivity contribution in [1.29, 1.82) is 0 Å². The molecule has 0 aliphatic carbocycles. The van der Waals surface area contributed by atoms with Crippen LogP contribution in [0, 0.1) is 17.0 Å². The van der Waals surface area contributed by atoms with Gasteiger partial charge in [0, 0.05) is 44.9 Å². The number of thioether (sulfide) groups is 1. The van der Waals surface area contributed by atoms with Crippen molar-refractivity contribution in [3.05, 3.63) is 115 Å². The van der Waals surface area contributed by atoms with Gasteiger partial charge in [0.25, 0.3) is 11.6 Å². The lowest BCUT2D eigenvalue weighted by molar-refractivity contribution is -0.384. The zero-order valence-electron chi connectivity index (χ0n) is 20.8. The number of nitro benzene ring substituents is 1. The Kier molecular flexibility index (Phi) is 7.60. The first kappa shape index (κ1) is 26.7. The van der Waals surface area contributed by atoms with Crippen LogP contribution in [-0.4, -0.2) is 25.6 Å². The smallest absolute Gasteiger partial charge is 0.269 e. The third kappa shape index (κ3) is 5.63. The summed E-state index contributed by atoms with van der Waals surface area (Å²) in [6, 6.07) is 18.3. The number of aromatic nitrogens is 3. The number of amides is 1. The van der Waals surface area contributed by atoms with E-state index in [9.17, 15) is 14.9 Å². The molecular weight excluding hydrogens is 559 g/mol. The van der Waals surface area contributed by atoms with Crippen molar-refractivity contribution < 1.29 is 9.72 Å². The normalized spacial score (nSPS) is 14.5. The lowest BCUT2D eigenvalue weighted by Crippen LogP contribution is -2.31. The van der Waals surface area contributed by atoms with Gasteiger partial charge in [-0.3, -0.25) is 14.9 Å². The maximum absolute atomic E-state index is 13.7. The van der Waals surface area contributed by atoms with Gasteiger partial charge in [-0.2, -0.15) is 4.98 Å². The number of hydrogen-bond donors (Lipinski definition) is 2. The number of anilines is 2. The molecule has 4 aromatic rings. The second-order valence-electron chi connectivity index (χ2n) is 8.88. The van der Waals surface area contributed by atoms with Crippen molar-refractivity contribution in [2.45, 2.75) is 30.8 Å². The molecule has 1 aliphatic heterocycles. The molecule has 0 spiro atoms. The van der Waals surface area contributed by atoms with Gasteiger partial charge < -0.3 is 10.6 Å². The summed E-state index contributed by atoms with van der Waals surface area (Å²) in [5.41, 5.74) is 4.25. The Hall–Kier alpha value is -3.86. The van der Waals surface area contributed by atoms with E-state index in [2.05, 4.69) is 15.6 Å². The zero-order valence-corrected chi connectivity index (χ0v) is 23.1. The fourth-order valence-electron chi connectivity index (χ4n) is 4.26. The molecule has 1 atom stereocenters. The van der Waals surface area contributed by atoms with Crippen molar-refractivity contribution in [1.82, 2.24) is 14.8 Å². The number of non-ortho nitro benzene ring substituents is 1. The maximum Gasteiger partial charge on any atom is 0.269 e. The highest BCUT2D eigenvalue weighted by Crippen LogP contribution is 2.40. The van der Waals surface area contributed by atoms with Gasteiger partial charge in [0.1, 0.15) is 6.04 Å². The van der Waals surface area contributed by atoms with E-state index in [1.165, 1.54) is 23.9 Å². The number of rotatable bonds is 7. The maximum atomic E-state index is 13.7. The van der Waals surface area contributed by atoms with E-state index >= 15 is 0 Å². The molecule has 0 bridgehead atoms. The fourth-order valence-corrected chi connectivity index (χ4v) is 5.56.